The summed E-state index contributed by atoms with van der Waals surface area (Å²) in [6.07, 6.45) is 4.08. The van der Waals surface area contributed by atoms with Crippen LogP contribution in [0, 0.1) is 23.7 Å². The zero-order valence-corrected chi connectivity index (χ0v) is 26.0. The molecular formula is C33H45N3O8. The molecule has 4 saturated carbocycles. The molecule has 11 heteroatoms. The molecule has 1 aromatic carbocycles. The van der Waals surface area contributed by atoms with Crippen LogP contribution in [0.2, 0.25) is 0 Å². The average molecular weight is 612 g/mol. The molecule has 1 spiro atoms. The molecule has 3 saturated heterocycles. The first-order chi connectivity index (χ1) is 21.1. The van der Waals surface area contributed by atoms with Crippen molar-refractivity contribution in [2.45, 2.75) is 111 Å². The molecule has 7 fully saturated rings. The largest absolute Gasteiger partial charge is 0.453 e. The van der Waals surface area contributed by atoms with E-state index in [1.165, 1.54) is 0 Å². The minimum absolute atomic E-state index is 0.00312. The first-order valence-corrected chi connectivity index (χ1v) is 16.3. The highest BCUT2D eigenvalue weighted by Crippen LogP contribution is 2.73. The second kappa shape index (κ2) is 9.70. The lowest BCUT2D eigenvalue weighted by Crippen LogP contribution is -2.86. The van der Waals surface area contributed by atoms with E-state index < -0.39 is 40.5 Å². The van der Waals surface area contributed by atoms with Gasteiger partial charge in [-0.2, -0.15) is 0 Å². The Morgan fingerprint density at radius 3 is 2.48 bits per heavy atom. The number of aliphatic hydroxyl groups is 2. The fourth-order valence-corrected chi connectivity index (χ4v) is 11.1. The van der Waals surface area contributed by atoms with Crippen molar-refractivity contribution < 1.29 is 38.7 Å². The molecule has 44 heavy (non-hydrogen) atoms. The summed E-state index contributed by atoms with van der Waals surface area (Å²) < 4.78 is 24.8. The Labute approximate surface area is 257 Å². The molecule has 5 unspecified atom stereocenters. The van der Waals surface area contributed by atoms with Crippen LogP contribution >= 0.6 is 0 Å². The van der Waals surface area contributed by atoms with Crippen molar-refractivity contribution in [2.24, 2.45) is 23.7 Å². The first kappa shape index (κ1) is 29.3. The van der Waals surface area contributed by atoms with Gasteiger partial charge >= 0.3 is 5.97 Å². The molecule has 3 heterocycles. The van der Waals surface area contributed by atoms with E-state index in [0.717, 1.165) is 12.8 Å². The normalized spacial score (nSPS) is 49.7. The van der Waals surface area contributed by atoms with Gasteiger partial charge in [0.05, 0.1) is 47.2 Å². The number of nitrogens with one attached hydrogen (secondary N) is 2. The van der Waals surface area contributed by atoms with Crippen LogP contribution < -0.4 is 10.7 Å². The van der Waals surface area contributed by atoms with Gasteiger partial charge in [0, 0.05) is 51.4 Å². The summed E-state index contributed by atoms with van der Waals surface area (Å²) in [6, 6.07) is 6.32. The predicted molar refractivity (Wildman–Crippen MR) is 157 cm³/mol. The van der Waals surface area contributed by atoms with Crippen LogP contribution in [0.4, 0.5) is 5.69 Å². The monoisotopic (exact) mass is 611 g/mol. The number of fused-ring (bicyclic) bond motifs is 2. The predicted octanol–water partition coefficient (Wildman–Crippen LogP) is 2.01. The standard InChI is InChI=1S/C33H45N3O8/c1-17-31(44-29(38)20-7-5-6-8-22(20)34-28(37)18-9-10-18)12-11-19(41-2)15-30-24(31)14-26(36(30)35-17)32(39)16-23(42-3)21-13-25(30)33(32,40)27(21)43-4/h5-8,17-19,21,23-27,35,39-40H,9-16H2,1-4H3,(H,34,37)/t17-,19-,21+,23-,24?,25?,26?,27-,30?,31+,32-,33-/m0/s1. The summed E-state index contributed by atoms with van der Waals surface area (Å²) in [5.41, 5.74) is -0.0985. The SMILES string of the molecule is CO[C@H]1CC[C@]2(OC(=O)c3ccccc3NC(=O)C3CC3)C3CC4N(N[C@H]2C)C3(C1)C1C[C@@H]2[C@@H](OC)C[C@@]4(O)[C@@]1(O)[C@H]2OC. The Morgan fingerprint density at radius 2 is 1.77 bits per heavy atom. The molecule has 0 aromatic heterocycles. The van der Waals surface area contributed by atoms with Gasteiger partial charge in [-0.05, 0) is 64.0 Å². The van der Waals surface area contributed by atoms with E-state index in [0.29, 0.717) is 49.8 Å². The minimum Gasteiger partial charge on any atom is -0.453 e. The van der Waals surface area contributed by atoms with Gasteiger partial charge < -0.3 is 34.5 Å². The molecule has 3 aliphatic heterocycles. The van der Waals surface area contributed by atoms with Gasteiger partial charge in [-0.15, -0.1) is 0 Å². The molecule has 13 atom stereocenters. The highest BCUT2D eigenvalue weighted by Gasteiger charge is 2.87. The van der Waals surface area contributed by atoms with E-state index in [9.17, 15) is 19.8 Å². The highest BCUT2D eigenvalue weighted by molar-refractivity contribution is 6.02. The molecule has 11 nitrogen and oxygen atoms in total. The van der Waals surface area contributed by atoms with Gasteiger partial charge in [0.1, 0.15) is 16.8 Å². The summed E-state index contributed by atoms with van der Waals surface area (Å²) in [6.45, 7) is 2.05. The Morgan fingerprint density at radius 1 is 1.00 bits per heavy atom. The van der Waals surface area contributed by atoms with E-state index in [1.807, 2.05) is 6.92 Å². The van der Waals surface area contributed by atoms with Gasteiger partial charge in [-0.1, -0.05) is 12.1 Å². The number of amides is 1. The van der Waals surface area contributed by atoms with Gasteiger partial charge in [0.15, 0.2) is 0 Å². The highest BCUT2D eigenvalue weighted by atomic mass is 16.6. The fraction of sp³-hybridized carbons (Fsp3) is 0.758. The Hall–Kier alpha value is -2.12. The Balaban J connectivity index is 1.23. The summed E-state index contributed by atoms with van der Waals surface area (Å²) in [5.74, 6) is -1.21. The number of rotatable bonds is 7. The molecule has 8 rings (SSSR count). The third-order valence-electron chi connectivity index (χ3n) is 13.1. The molecule has 0 radical (unpaired) electrons. The second-order valence-corrected chi connectivity index (χ2v) is 14.6. The second-order valence-electron chi connectivity index (χ2n) is 14.6. The zero-order valence-electron chi connectivity index (χ0n) is 26.0. The maximum atomic E-state index is 14.2. The number of hydrogen-bond donors (Lipinski definition) is 4. The Bertz CT molecular complexity index is 1370. The molecule has 240 valence electrons. The lowest BCUT2D eigenvalue weighted by atomic mass is 9.56. The molecule has 4 aliphatic carbocycles. The summed E-state index contributed by atoms with van der Waals surface area (Å²) in [4.78, 5) is 26.9. The third kappa shape index (κ3) is 3.47. The van der Waals surface area contributed by atoms with Crippen molar-refractivity contribution in [3.63, 3.8) is 0 Å². The zero-order chi connectivity index (χ0) is 30.8. The molecule has 1 aromatic rings. The Kier molecular flexibility index (Phi) is 6.46. The van der Waals surface area contributed by atoms with E-state index in [4.69, 9.17) is 18.9 Å². The molecule has 7 aliphatic rings. The number of esters is 1. The van der Waals surface area contributed by atoms with Crippen molar-refractivity contribution in [3.05, 3.63) is 29.8 Å². The van der Waals surface area contributed by atoms with Crippen LogP contribution in [-0.2, 0) is 23.7 Å². The molecule has 7 bridgehead atoms. The number of carbonyl (C=O) groups is 2. The summed E-state index contributed by atoms with van der Waals surface area (Å²) in [7, 11) is 5.01. The van der Waals surface area contributed by atoms with Gasteiger partial charge in [-0.25, -0.2) is 15.2 Å². The lowest BCUT2D eigenvalue weighted by Gasteiger charge is -2.67. The number of methoxy groups -OCH3 is 3. The van der Waals surface area contributed by atoms with Crippen LogP contribution in [0.15, 0.2) is 24.3 Å². The number of para-hydroxylation sites is 1. The first-order valence-electron chi connectivity index (χ1n) is 16.3. The molecular weight excluding hydrogens is 566 g/mol. The van der Waals surface area contributed by atoms with Crippen LogP contribution in [-0.4, -0.2) is 101 Å². The topological polar surface area (TPSA) is 139 Å². The van der Waals surface area contributed by atoms with Gasteiger partial charge in [-0.3, -0.25) is 4.79 Å². The van der Waals surface area contributed by atoms with Crippen molar-refractivity contribution in [1.29, 1.82) is 0 Å². The third-order valence-corrected chi connectivity index (χ3v) is 13.1. The van der Waals surface area contributed by atoms with Gasteiger partial charge in [0.2, 0.25) is 5.91 Å². The molecule has 4 N–H and O–H groups in total. The number of carbonyl (C=O) groups excluding carboxylic acids is 2. The number of hydrazine groups is 1. The number of nitrogens with zero attached hydrogens (tertiary/aromatic N) is 1. The summed E-state index contributed by atoms with van der Waals surface area (Å²) in [5, 5.41) is 30.8. The lowest BCUT2D eigenvalue weighted by molar-refractivity contribution is -0.325. The number of anilines is 1. The number of benzene rings is 1. The van der Waals surface area contributed by atoms with Crippen LogP contribution in [0.1, 0.15) is 68.6 Å². The number of hydrogen-bond acceptors (Lipinski definition) is 10. The molecule has 1 amide bonds. The van der Waals surface area contributed by atoms with E-state index >= 15 is 0 Å². The van der Waals surface area contributed by atoms with Crippen molar-refractivity contribution in [3.8, 4) is 0 Å². The fourth-order valence-electron chi connectivity index (χ4n) is 11.1. The summed E-state index contributed by atoms with van der Waals surface area (Å²) >= 11 is 0. The smallest absolute Gasteiger partial charge is 0.340 e. The average Bonchev–Trinajstić information content (AvgIpc) is 3.80. The van der Waals surface area contributed by atoms with Crippen molar-refractivity contribution in [2.75, 3.05) is 26.6 Å². The maximum Gasteiger partial charge on any atom is 0.340 e. The van der Waals surface area contributed by atoms with E-state index in [2.05, 4.69) is 15.8 Å². The van der Waals surface area contributed by atoms with Crippen molar-refractivity contribution in [1.82, 2.24) is 10.4 Å². The maximum absolute atomic E-state index is 14.2. The van der Waals surface area contributed by atoms with E-state index in [-0.39, 0.29) is 47.8 Å². The van der Waals surface area contributed by atoms with Crippen LogP contribution in [0.3, 0.4) is 0 Å². The number of ether oxygens (including phenoxy) is 4. The van der Waals surface area contributed by atoms with Crippen LogP contribution in [0.5, 0.6) is 0 Å². The minimum atomic E-state index is -1.50. The quantitative estimate of drug-likeness (QED) is 0.339. The number of piperidine rings is 1. The van der Waals surface area contributed by atoms with Crippen molar-refractivity contribution >= 4 is 17.6 Å². The van der Waals surface area contributed by atoms with Gasteiger partial charge in [0.25, 0.3) is 0 Å². The van der Waals surface area contributed by atoms with E-state index in [1.54, 1.807) is 45.6 Å². The van der Waals surface area contributed by atoms with Crippen LogP contribution in [0.25, 0.3) is 0 Å².